The van der Waals surface area contributed by atoms with E-state index < -0.39 is 0 Å². The summed E-state index contributed by atoms with van der Waals surface area (Å²) in [5.74, 6) is 0.995. The predicted molar refractivity (Wildman–Crippen MR) is 122 cm³/mol. The van der Waals surface area contributed by atoms with Crippen LogP contribution in [0.1, 0.15) is 29.9 Å². The number of amidine groups is 1. The SMILES string of the molecule is CN(C)CC1=CCC(c2cnc(N)c(/C(=N/N=N)[NH2+]C3CC=CC(Cl)=C3Cl)c2)C=C1. The smallest absolute Gasteiger partial charge is 0.257 e. The molecule has 1 aromatic rings. The average molecular weight is 447 g/mol. The third kappa shape index (κ3) is 5.43. The average Bonchev–Trinajstić information content (AvgIpc) is 2.71. The molecule has 0 amide bonds. The molecule has 0 radical (unpaired) electrons. The lowest BCUT2D eigenvalue weighted by molar-refractivity contribution is -0.568. The van der Waals surface area contributed by atoms with Gasteiger partial charge < -0.3 is 10.6 Å². The highest BCUT2D eigenvalue weighted by Gasteiger charge is 2.26. The van der Waals surface area contributed by atoms with Crippen LogP contribution in [0.5, 0.6) is 0 Å². The molecule has 7 nitrogen and oxygen atoms in total. The molecule has 5 N–H and O–H groups in total. The van der Waals surface area contributed by atoms with E-state index in [1.165, 1.54) is 5.57 Å². The first-order valence-corrected chi connectivity index (χ1v) is 10.4. The second-order valence-corrected chi connectivity index (χ2v) is 8.43. The Morgan fingerprint density at radius 3 is 2.80 bits per heavy atom. The van der Waals surface area contributed by atoms with E-state index in [2.05, 4.69) is 52.5 Å². The lowest BCUT2D eigenvalue weighted by atomic mass is 9.90. The van der Waals surface area contributed by atoms with E-state index in [9.17, 15) is 0 Å². The lowest BCUT2D eigenvalue weighted by Gasteiger charge is -2.20. The van der Waals surface area contributed by atoms with E-state index in [0.29, 0.717) is 33.7 Å². The van der Waals surface area contributed by atoms with Crippen molar-refractivity contribution in [3.63, 3.8) is 0 Å². The number of pyridine rings is 1. The molecule has 0 fully saturated rings. The van der Waals surface area contributed by atoms with Crippen LogP contribution in [0.4, 0.5) is 5.82 Å². The summed E-state index contributed by atoms with van der Waals surface area (Å²) in [6.07, 6.45) is 13.7. The molecule has 2 aliphatic carbocycles. The Bertz CT molecular complexity index is 960. The molecule has 1 aromatic heterocycles. The van der Waals surface area contributed by atoms with Crippen LogP contribution in [0.15, 0.2) is 68.6 Å². The highest BCUT2D eigenvalue weighted by atomic mass is 35.5. The van der Waals surface area contributed by atoms with Gasteiger partial charge in [-0.1, -0.05) is 52.6 Å². The molecule has 0 bridgehead atoms. The number of quaternary nitrogens is 1. The third-order valence-corrected chi connectivity index (χ3v) is 5.95. The number of nitrogens with one attached hydrogen (secondary N) is 1. The fraction of sp³-hybridized carbons (Fsp3) is 0.333. The number of anilines is 1. The van der Waals surface area contributed by atoms with Gasteiger partial charge in [0.2, 0.25) is 0 Å². The highest BCUT2D eigenvalue weighted by Crippen LogP contribution is 2.28. The second-order valence-electron chi connectivity index (χ2n) is 7.61. The molecule has 0 saturated heterocycles. The maximum Gasteiger partial charge on any atom is 0.257 e. The van der Waals surface area contributed by atoms with Gasteiger partial charge in [0.1, 0.15) is 17.4 Å². The number of hydrogen-bond donors (Lipinski definition) is 3. The van der Waals surface area contributed by atoms with Gasteiger partial charge in [0.05, 0.1) is 10.1 Å². The first kappa shape index (κ1) is 22.4. The fourth-order valence-corrected chi connectivity index (χ4v) is 3.98. The van der Waals surface area contributed by atoms with E-state index in [1.807, 2.05) is 17.5 Å². The van der Waals surface area contributed by atoms with Crippen LogP contribution in [-0.2, 0) is 0 Å². The van der Waals surface area contributed by atoms with Crippen LogP contribution < -0.4 is 11.1 Å². The van der Waals surface area contributed by atoms with E-state index >= 15 is 0 Å². The minimum atomic E-state index is -0.154. The summed E-state index contributed by atoms with van der Waals surface area (Å²) < 4.78 is 0. The number of nitrogens with zero attached hydrogens (tertiary/aromatic N) is 4. The number of halogens is 2. The topological polar surface area (TPSA) is 107 Å². The van der Waals surface area contributed by atoms with Gasteiger partial charge in [-0.25, -0.2) is 4.98 Å². The van der Waals surface area contributed by atoms with Gasteiger partial charge in [-0.05, 0) is 49.0 Å². The van der Waals surface area contributed by atoms with Crippen molar-refractivity contribution in [3.05, 3.63) is 69.4 Å². The summed E-state index contributed by atoms with van der Waals surface area (Å²) in [6.45, 7) is 0.915. The first-order valence-electron chi connectivity index (χ1n) is 9.67. The molecule has 158 valence electrons. The van der Waals surface area contributed by atoms with E-state index in [0.717, 1.165) is 18.5 Å². The second kappa shape index (κ2) is 10.1. The van der Waals surface area contributed by atoms with Crippen LogP contribution in [0.3, 0.4) is 0 Å². The summed E-state index contributed by atoms with van der Waals surface area (Å²) >= 11 is 12.5. The standard InChI is InChI=1S/C21H25Cl2N7/c1-30(2)12-13-6-8-14(9-7-13)15-10-16(20(24)26-11-15)21(28-29-25)27-18-5-3-4-17(22)19(18)23/h3-4,6-8,10-11,14,18H,5,9,12H2,1-2H3,(H2,24,26)(H2,25,27,28)/p+1. The van der Waals surface area contributed by atoms with Gasteiger partial charge in [-0.2, -0.15) is 5.53 Å². The number of rotatable bonds is 6. The molecular weight excluding hydrogens is 421 g/mol. The minimum Gasteiger partial charge on any atom is -0.383 e. The summed E-state index contributed by atoms with van der Waals surface area (Å²) in [5.41, 5.74) is 16.4. The maximum absolute atomic E-state index is 7.24. The fourth-order valence-electron chi connectivity index (χ4n) is 3.53. The Kier molecular flexibility index (Phi) is 7.55. The van der Waals surface area contributed by atoms with Crippen LogP contribution in [0.2, 0.25) is 0 Å². The number of allylic oxidation sites excluding steroid dienone is 4. The zero-order valence-corrected chi connectivity index (χ0v) is 18.5. The predicted octanol–water partition coefficient (Wildman–Crippen LogP) is 3.47. The molecule has 9 heteroatoms. The molecule has 2 aliphatic rings. The third-order valence-electron chi connectivity index (χ3n) is 5.04. The zero-order valence-electron chi connectivity index (χ0n) is 17.0. The molecule has 30 heavy (non-hydrogen) atoms. The van der Waals surface area contributed by atoms with Crippen LogP contribution in [0, 0.1) is 5.53 Å². The van der Waals surface area contributed by atoms with Crippen molar-refractivity contribution in [1.29, 1.82) is 5.53 Å². The van der Waals surface area contributed by atoms with Gasteiger partial charge in [0, 0.05) is 25.1 Å². The Balaban J connectivity index is 1.84. The van der Waals surface area contributed by atoms with E-state index in [4.69, 9.17) is 34.5 Å². The van der Waals surface area contributed by atoms with Crippen molar-refractivity contribution in [2.24, 2.45) is 10.3 Å². The summed E-state index contributed by atoms with van der Waals surface area (Å²) in [6, 6.07) is 1.82. The lowest BCUT2D eigenvalue weighted by Crippen LogP contribution is -2.93. The zero-order chi connectivity index (χ0) is 21.7. The molecule has 1 heterocycles. The van der Waals surface area contributed by atoms with Crippen molar-refractivity contribution in [1.82, 2.24) is 9.88 Å². The Hall–Kier alpha value is -2.32. The van der Waals surface area contributed by atoms with Crippen LogP contribution in [-0.4, -0.2) is 42.4 Å². The van der Waals surface area contributed by atoms with E-state index in [1.54, 1.807) is 12.3 Å². The summed E-state index contributed by atoms with van der Waals surface area (Å²) in [7, 11) is 4.12. The van der Waals surface area contributed by atoms with Crippen molar-refractivity contribution in [3.8, 4) is 0 Å². The normalized spacial score (nSPS) is 21.9. The molecule has 0 aliphatic heterocycles. The quantitative estimate of drug-likeness (QED) is 0.269. The first-order chi connectivity index (χ1) is 14.4. The number of likely N-dealkylation sites (N-methyl/N-ethyl adjacent to an activating group) is 1. The maximum atomic E-state index is 7.24. The molecule has 2 unspecified atom stereocenters. The van der Waals surface area contributed by atoms with Crippen LogP contribution in [0.25, 0.3) is 0 Å². The molecule has 2 atom stereocenters. The monoisotopic (exact) mass is 446 g/mol. The van der Waals surface area contributed by atoms with Crippen LogP contribution >= 0.6 is 23.2 Å². The van der Waals surface area contributed by atoms with Crippen molar-refractivity contribution in [2.45, 2.75) is 24.8 Å². The van der Waals surface area contributed by atoms with Gasteiger partial charge in [0.15, 0.2) is 0 Å². The minimum absolute atomic E-state index is 0.154. The Labute approximate surface area is 186 Å². The molecule has 0 saturated carbocycles. The molecule has 3 rings (SSSR count). The number of hydrogen-bond acceptors (Lipinski definition) is 5. The van der Waals surface area contributed by atoms with Crippen molar-refractivity contribution in [2.75, 3.05) is 26.4 Å². The molecular formula is C21H26Cl2N7+. The summed E-state index contributed by atoms with van der Waals surface area (Å²) in [5, 5.41) is 10.1. The number of nitrogen functional groups attached to an aromatic ring is 1. The van der Waals surface area contributed by atoms with E-state index in [-0.39, 0.29) is 12.0 Å². The highest BCUT2D eigenvalue weighted by molar-refractivity contribution is 6.40. The molecule has 0 spiro atoms. The number of aromatic nitrogens is 1. The van der Waals surface area contributed by atoms with Gasteiger partial charge >= 0.3 is 0 Å². The van der Waals surface area contributed by atoms with Crippen molar-refractivity contribution < 1.29 is 5.32 Å². The van der Waals surface area contributed by atoms with Gasteiger partial charge in [-0.15, -0.1) is 0 Å². The number of nitrogens with two attached hydrogens (primary N) is 2. The van der Waals surface area contributed by atoms with Gasteiger partial charge in [0.25, 0.3) is 5.84 Å². The Morgan fingerprint density at radius 2 is 2.13 bits per heavy atom. The van der Waals surface area contributed by atoms with Gasteiger partial charge in [-0.3, -0.25) is 5.32 Å². The molecule has 0 aromatic carbocycles. The largest absolute Gasteiger partial charge is 0.383 e. The Morgan fingerprint density at radius 1 is 1.33 bits per heavy atom. The summed E-state index contributed by atoms with van der Waals surface area (Å²) in [4.78, 5) is 6.53. The van der Waals surface area contributed by atoms with Crippen molar-refractivity contribution >= 4 is 34.9 Å².